The first-order valence-corrected chi connectivity index (χ1v) is 9.04. The second-order valence-corrected chi connectivity index (χ2v) is 7.22. The van der Waals surface area contributed by atoms with Gasteiger partial charge in [0.25, 0.3) is 0 Å². The number of halogens is 3. The maximum atomic E-state index is 12.6. The summed E-state index contributed by atoms with van der Waals surface area (Å²) in [6.45, 7) is 3.28. The van der Waals surface area contributed by atoms with Gasteiger partial charge in [-0.2, -0.15) is 13.2 Å². The molecule has 0 radical (unpaired) electrons. The average Bonchev–Trinajstić information content (AvgIpc) is 3.03. The predicted molar refractivity (Wildman–Crippen MR) is 90.6 cm³/mol. The number of hydrogen-bond acceptors (Lipinski definition) is 3. The van der Waals surface area contributed by atoms with Crippen LogP contribution in [0.1, 0.15) is 18.1 Å². The molecule has 0 saturated carbocycles. The van der Waals surface area contributed by atoms with Gasteiger partial charge in [0.1, 0.15) is 16.8 Å². The minimum atomic E-state index is -4.39. The summed E-state index contributed by atoms with van der Waals surface area (Å²) < 4.78 is 52.8. The lowest BCUT2D eigenvalue weighted by atomic mass is 10.2. The topological polar surface area (TPSA) is 45.2 Å². The first kappa shape index (κ1) is 17.9. The van der Waals surface area contributed by atoms with Gasteiger partial charge in [-0.25, -0.2) is 13.9 Å². The highest BCUT2D eigenvalue weighted by Gasteiger charge is 2.30. The molecular formula is C17H18F3N3OS. The van der Waals surface area contributed by atoms with E-state index in [4.69, 9.17) is 0 Å². The number of nitrogens with zero attached hydrogens (tertiary/aromatic N) is 2. The SMILES string of the molecule is CC(CNS(=O)c1ccc(C(F)(F)F)cc1)N1CCc2cccnc21. The molecule has 2 unspecified atom stereocenters. The molecule has 1 aliphatic heterocycles. The molecular weight excluding hydrogens is 351 g/mol. The largest absolute Gasteiger partial charge is 0.416 e. The third-order valence-electron chi connectivity index (χ3n) is 4.20. The van der Waals surface area contributed by atoms with E-state index in [2.05, 4.69) is 14.6 Å². The van der Waals surface area contributed by atoms with Crippen molar-refractivity contribution in [2.75, 3.05) is 18.0 Å². The molecule has 0 saturated heterocycles. The highest BCUT2D eigenvalue weighted by molar-refractivity contribution is 7.83. The minimum Gasteiger partial charge on any atom is -0.352 e. The number of benzene rings is 1. The van der Waals surface area contributed by atoms with Gasteiger partial charge in [0.05, 0.1) is 10.5 Å². The molecule has 8 heteroatoms. The monoisotopic (exact) mass is 369 g/mol. The lowest BCUT2D eigenvalue weighted by molar-refractivity contribution is -0.137. The quantitative estimate of drug-likeness (QED) is 0.881. The van der Waals surface area contributed by atoms with E-state index < -0.39 is 22.7 Å². The number of anilines is 1. The van der Waals surface area contributed by atoms with E-state index in [1.54, 1.807) is 6.20 Å². The number of pyridine rings is 1. The molecule has 2 heterocycles. The van der Waals surface area contributed by atoms with Gasteiger partial charge in [-0.05, 0) is 49.2 Å². The lowest BCUT2D eigenvalue weighted by Crippen LogP contribution is -2.40. The summed E-state index contributed by atoms with van der Waals surface area (Å²) >= 11 is 0. The number of fused-ring (bicyclic) bond motifs is 1. The van der Waals surface area contributed by atoms with Crippen LogP contribution in [0.15, 0.2) is 47.5 Å². The molecule has 25 heavy (non-hydrogen) atoms. The molecule has 134 valence electrons. The average molecular weight is 369 g/mol. The Morgan fingerprint density at radius 2 is 2.00 bits per heavy atom. The fourth-order valence-electron chi connectivity index (χ4n) is 2.82. The Bertz CT molecular complexity index is 764. The van der Waals surface area contributed by atoms with Gasteiger partial charge in [-0.3, -0.25) is 0 Å². The van der Waals surface area contributed by atoms with Gasteiger partial charge in [0.2, 0.25) is 0 Å². The number of aromatic nitrogens is 1. The van der Waals surface area contributed by atoms with Crippen LogP contribution in [-0.4, -0.2) is 28.3 Å². The van der Waals surface area contributed by atoms with Gasteiger partial charge in [0, 0.05) is 25.3 Å². The van der Waals surface area contributed by atoms with Crippen molar-refractivity contribution >= 4 is 16.8 Å². The number of rotatable bonds is 5. The van der Waals surface area contributed by atoms with Crippen LogP contribution in [0.4, 0.5) is 19.0 Å². The van der Waals surface area contributed by atoms with Crippen LogP contribution < -0.4 is 9.62 Å². The summed E-state index contributed by atoms with van der Waals surface area (Å²) in [5.41, 5.74) is 0.444. The normalized spacial score (nSPS) is 16.6. The van der Waals surface area contributed by atoms with Crippen LogP contribution in [0, 0.1) is 0 Å². The third kappa shape index (κ3) is 4.01. The first-order valence-electron chi connectivity index (χ1n) is 7.89. The molecule has 0 bridgehead atoms. The van der Waals surface area contributed by atoms with Crippen molar-refractivity contribution in [2.24, 2.45) is 0 Å². The van der Waals surface area contributed by atoms with E-state index >= 15 is 0 Å². The van der Waals surface area contributed by atoms with E-state index in [-0.39, 0.29) is 6.04 Å². The molecule has 0 aliphatic carbocycles. The van der Waals surface area contributed by atoms with E-state index in [0.717, 1.165) is 30.9 Å². The summed E-state index contributed by atoms with van der Waals surface area (Å²) in [6.07, 6.45) is -1.72. The van der Waals surface area contributed by atoms with E-state index in [0.29, 0.717) is 11.4 Å². The molecule has 1 aliphatic rings. The third-order valence-corrected chi connectivity index (χ3v) is 5.33. The summed E-state index contributed by atoms with van der Waals surface area (Å²) in [7, 11) is -1.56. The van der Waals surface area contributed by atoms with Crippen LogP contribution in [0.5, 0.6) is 0 Å². The fourth-order valence-corrected chi connectivity index (χ4v) is 3.76. The standard InChI is InChI=1S/C17H18F3N3OS/c1-12(23-10-8-13-3-2-9-21-16(13)23)11-22-25(24)15-6-4-14(5-7-15)17(18,19)20/h2-7,9,12,22H,8,10-11H2,1H3. The van der Waals surface area contributed by atoms with Crippen LogP contribution in [0.25, 0.3) is 0 Å². The summed E-state index contributed by atoms with van der Waals surface area (Å²) in [4.78, 5) is 6.86. The van der Waals surface area contributed by atoms with E-state index in [1.807, 2.05) is 19.1 Å². The molecule has 0 spiro atoms. The van der Waals surface area contributed by atoms with Crippen molar-refractivity contribution < 1.29 is 17.4 Å². The van der Waals surface area contributed by atoms with Crippen LogP contribution in [0.3, 0.4) is 0 Å². The number of nitrogens with one attached hydrogen (secondary N) is 1. The molecule has 1 aromatic carbocycles. The Hall–Kier alpha value is -1.93. The Labute approximate surface area is 146 Å². The summed E-state index contributed by atoms with van der Waals surface area (Å²) in [6, 6.07) is 8.38. The Morgan fingerprint density at radius 1 is 1.28 bits per heavy atom. The second kappa shape index (κ2) is 7.13. The zero-order valence-corrected chi connectivity index (χ0v) is 14.4. The lowest BCUT2D eigenvalue weighted by Gasteiger charge is -2.26. The fraction of sp³-hybridized carbons (Fsp3) is 0.353. The summed E-state index contributed by atoms with van der Waals surface area (Å²) in [5.74, 6) is 0.942. The molecule has 3 rings (SSSR count). The zero-order chi connectivity index (χ0) is 18.0. The molecule has 4 nitrogen and oxygen atoms in total. The van der Waals surface area contributed by atoms with Crippen LogP contribution in [0.2, 0.25) is 0 Å². The highest BCUT2D eigenvalue weighted by Crippen LogP contribution is 2.29. The zero-order valence-electron chi connectivity index (χ0n) is 13.6. The van der Waals surface area contributed by atoms with Crippen molar-refractivity contribution in [3.8, 4) is 0 Å². The maximum absolute atomic E-state index is 12.6. The smallest absolute Gasteiger partial charge is 0.352 e. The molecule has 0 amide bonds. The molecule has 0 fully saturated rings. The highest BCUT2D eigenvalue weighted by atomic mass is 32.2. The van der Waals surface area contributed by atoms with Crippen molar-refractivity contribution in [1.29, 1.82) is 0 Å². The van der Waals surface area contributed by atoms with Gasteiger partial charge in [0.15, 0.2) is 0 Å². The van der Waals surface area contributed by atoms with Gasteiger partial charge >= 0.3 is 6.18 Å². The van der Waals surface area contributed by atoms with Crippen molar-refractivity contribution in [1.82, 2.24) is 9.71 Å². The molecule has 1 aromatic heterocycles. The Balaban J connectivity index is 1.59. The van der Waals surface area contributed by atoms with Crippen molar-refractivity contribution in [2.45, 2.75) is 30.5 Å². The van der Waals surface area contributed by atoms with Gasteiger partial charge in [-0.15, -0.1) is 0 Å². The minimum absolute atomic E-state index is 0.0644. The van der Waals surface area contributed by atoms with Crippen molar-refractivity contribution in [3.63, 3.8) is 0 Å². The number of alkyl halides is 3. The van der Waals surface area contributed by atoms with Crippen molar-refractivity contribution in [3.05, 3.63) is 53.7 Å². The number of hydrogen-bond donors (Lipinski definition) is 1. The van der Waals surface area contributed by atoms with E-state index in [9.17, 15) is 17.4 Å². The maximum Gasteiger partial charge on any atom is 0.416 e. The molecule has 1 N–H and O–H groups in total. The summed E-state index contributed by atoms with van der Waals surface area (Å²) in [5, 5.41) is 0. The van der Waals surface area contributed by atoms with E-state index in [1.165, 1.54) is 17.7 Å². The second-order valence-electron chi connectivity index (χ2n) is 5.92. The van der Waals surface area contributed by atoms with Crippen LogP contribution >= 0.6 is 0 Å². The molecule has 2 atom stereocenters. The van der Waals surface area contributed by atoms with Gasteiger partial charge < -0.3 is 4.90 Å². The molecule has 2 aromatic rings. The van der Waals surface area contributed by atoms with Gasteiger partial charge in [-0.1, -0.05) is 6.07 Å². The first-order chi connectivity index (χ1) is 11.9. The predicted octanol–water partition coefficient (Wildman–Crippen LogP) is 3.16. The Morgan fingerprint density at radius 3 is 2.68 bits per heavy atom. The Kier molecular flexibility index (Phi) is 5.10. The van der Waals surface area contributed by atoms with Crippen LogP contribution in [-0.2, 0) is 23.6 Å².